The van der Waals surface area contributed by atoms with Crippen LogP contribution in [0.15, 0.2) is 28.8 Å². The molecule has 0 saturated carbocycles. The van der Waals surface area contributed by atoms with Gasteiger partial charge in [-0.1, -0.05) is 0 Å². The van der Waals surface area contributed by atoms with Crippen molar-refractivity contribution in [3.05, 3.63) is 51.6 Å². The summed E-state index contributed by atoms with van der Waals surface area (Å²) in [6.07, 6.45) is 1.36. The lowest BCUT2D eigenvalue weighted by Crippen LogP contribution is -2.10. The van der Waals surface area contributed by atoms with Gasteiger partial charge in [-0.2, -0.15) is 5.26 Å². The van der Waals surface area contributed by atoms with Gasteiger partial charge in [0.15, 0.2) is 0 Å². The first-order chi connectivity index (χ1) is 9.52. The van der Waals surface area contributed by atoms with Gasteiger partial charge >= 0.3 is 5.69 Å². The van der Waals surface area contributed by atoms with Crippen LogP contribution in [0, 0.1) is 28.4 Å². The van der Waals surface area contributed by atoms with E-state index in [4.69, 9.17) is 9.68 Å². The van der Waals surface area contributed by atoms with Gasteiger partial charge in [0.1, 0.15) is 23.2 Å². The lowest BCUT2D eigenvalue weighted by molar-refractivity contribution is -0.384. The molecule has 1 N–H and O–H groups in total. The van der Waals surface area contributed by atoms with Gasteiger partial charge in [-0.05, 0) is 32.0 Å². The Kier molecular flexibility index (Phi) is 3.66. The maximum atomic E-state index is 11.1. The van der Waals surface area contributed by atoms with E-state index in [9.17, 15) is 10.1 Å². The van der Waals surface area contributed by atoms with E-state index in [1.165, 1.54) is 12.3 Å². The molecular formula is C13H12N4O3. The van der Waals surface area contributed by atoms with Gasteiger partial charge in [0.05, 0.1) is 11.0 Å². The van der Waals surface area contributed by atoms with Crippen LogP contribution < -0.4 is 5.32 Å². The van der Waals surface area contributed by atoms with Crippen molar-refractivity contribution in [2.24, 2.45) is 0 Å². The summed E-state index contributed by atoms with van der Waals surface area (Å²) in [7, 11) is 0. The zero-order valence-corrected chi connectivity index (χ0v) is 11.0. The molecule has 0 saturated heterocycles. The van der Waals surface area contributed by atoms with E-state index in [0.29, 0.717) is 5.76 Å². The molecular weight excluding hydrogens is 260 g/mol. The number of nitrogens with one attached hydrogen (secondary N) is 1. The van der Waals surface area contributed by atoms with E-state index < -0.39 is 4.92 Å². The Labute approximate surface area is 115 Å². The second-order valence-corrected chi connectivity index (χ2v) is 4.24. The van der Waals surface area contributed by atoms with Crippen molar-refractivity contribution in [3.63, 3.8) is 0 Å². The van der Waals surface area contributed by atoms with E-state index in [1.54, 1.807) is 25.1 Å². The summed E-state index contributed by atoms with van der Waals surface area (Å²) in [5.41, 5.74) is -0.361. The zero-order valence-electron chi connectivity index (χ0n) is 11.0. The van der Waals surface area contributed by atoms with Crippen molar-refractivity contribution >= 4 is 11.5 Å². The Morgan fingerprint density at radius 2 is 2.25 bits per heavy atom. The Balaban J connectivity index is 2.34. The molecule has 102 valence electrons. The molecule has 0 bridgehead atoms. The van der Waals surface area contributed by atoms with Crippen LogP contribution in [0.4, 0.5) is 11.5 Å². The number of furan rings is 1. The highest BCUT2D eigenvalue weighted by Gasteiger charge is 2.23. The summed E-state index contributed by atoms with van der Waals surface area (Å²) >= 11 is 0. The fourth-order valence-electron chi connectivity index (χ4n) is 1.80. The number of aryl methyl sites for hydroxylation is 1. The smallest absolute Gasteiger partial charge is 0.328 e. The normalized spacial score (nSPS) is 11.7. The van der Waals surface area contributed by atoms with Gasteiger partial charge in [-0.3, -0.25) is 10.1 Å². The highest BCUT2D eigenvalue weighted by atomic mass is 16.6. The molecule has 2 rings (SSSR count). The molecule has 0 fully saturated rings. The number of nitro groups is 1. The van der Waals surface area contributed by atoms with Crippen molar-refractivity contribution in [3.8, 4) is 6.07 Å². The maximum Gasteiger partial charge on any atom is 0.328 e. The molecule has 0 aliphatic heterocycles. The second kappa shape index (κ2) is 5.40. The highest BCUT2D eigenvalue weighted by molar-refractivity contribution is 5.64. The third kappa shape index (κ3) is 2.59. The molecule has 0 amide bonds. The second-order valence-electron chi connectivity index (χ2n) is 4.24. The van der Waals surface area contributed by atoms with Crippen LogP contribution in [0.2, 0.25) is 0 Å². The number of hydrogen-bond acceptors (Lipinski definition) is 6. The minimum atomic E-state index is -0.617. The lowest BCUT2D eigenvalue weighted by Gasteiger charge is -2.12. The number of rotatable bonds is 4. The summed E-state index contributed by atoms with van der Waals surface area (Å²) in [6.45, 7) is 3.61. The topological polar surface area (TPSA) is 105 Å². The van der Waals surface area contributed by atoms with Gasteiger partial charge < -0.3 is 9.73 Å². The first kappa shape index (κ1) is 13.5. The molecule has 0 spiro atoms. The third-order valence-electron chi connectivity index (χ3n) is 2.77. The van der Waals surface area contributed by atoms with Gasteiger partial charge in [0, 0.05) is 6.20 Å². The molecule has 2 aromatic heterocycles. The molecule has 7 heteroatoms. The molecule has 0 aliphatic carbocycles. The van der Waals surface area contributed by atoms with E-state index >= 15 is 0 Å². The Morgan fingerprint density at radius 1 is 1.50 bits per heavy atom. The highest BCUT2D eigenvalue weighted by Crippen LogP contribution is 2.29. The quantitative estimate of drug-likeness (QED) is 0.677. The largest absolute Gasteiger partial charge is 0.464 e. The minimum absolute atomic E-state index is 0.0321. The van der Waals surface area contributed by atoms with Crippen LogP contribution in [0.25, 0.3) is 0 Å². The van der Waals surface area contributed by atoms with Crippen LogP contribution in [0.5, 0.6) is 0 Å². The van der Waals surface area contributed by atoms with E-state index in [1.807, 2.05) is 6.92 Å². The molecule has 0 aliphatic rings. The SMILES string of the molecule is Cc1ccc(C(C)Nc2nccc(C#N)c2[N+](=O)[O-])o1. The van der Waals surface area contributed by atoms with Crippen molar-refractivity contribution < 1.29 is 9.34 Å². The monoisotopic (exact) mass is 272 g/mol. The summed E-state index contributed by atoms with van der Waals surface area (Å²) in [5, 5.41) is 22.9. The summed E-state index contributed by atoms with van der Waals surface area (Å²) in [5.74, 6) is 1.44. The average molecular weight is 272 g/mol. The standard InChI is InChI=1S/C13H12N4O3/c1-8-3-4-11(20-8)9(2)16-13-12(17(18)19)10(7-14)5-6-15-13/h3-6,9H,1-2H3,(H,15,16). The van der Waals surface area contributed by atoms with Crippen LogP contribution in [-0.4, -0.2) is 9.91 Å². The first-order valence-corrected chi connectivity index (χ1v) is 5.89. The fourth-order valence-corrected chi connectivity index (χ4v) is 1.80. The lowest BCUT2D eigenvalue weighted by atomic mass is 10.2. The van der Waals surface area contributed by atoms with Gasteiger partial charge in [0.25, 0.3) is 0 Å². The number of nitrogens with zero attached hydrogens (tertiary/aromatic N) is 3. The number of nitriles is 1. The first-order valence-electron chi connectivity index (χ1n) is 5.89. The Hall–Kier alpha value is -2.88. The molecule has 2 aromatic rings. The molecule has 0 radical (unpaired) electrons. The van der Waals surface area contributed by atoms with E-state index in [-0.39, 0.29) is 23.1 Å². The minimum Gasteiger partial charge on any atom is -0.464 e. The summed E-state index contributed by atoms with van der Waals surface area (Å²) in [6, 6.07) is 6.39. The van der Waals surface area contributed by atoms with Crippen LogP contribution in [0.3, 0.4) is 0 Å². The fraction of sp³-hybridized carbons (Fsp3) is 0.231. The summed E-state index contributed by atoms with van der Waals surface area (Å²) < 4.78 is 5.45. The summed E-state index contributed by atoms with van der Waals surface area (Å²) in [4.78, 5) is 14.4. The number of pyridine rings is 1. The van der Waals surface area contributed by atoms with Crippen molar-refractivity contribution in [2.75, 3.05) is 5.32 Å². The molecule has 7 nitrogen and oxygen atoms in total. The van der Waals surface area contributed by atoms with Crippen molar-refractivity contribution in [1.82, 2.24) is 4.98 Å². The van der Waals surface area contributed by atoms with Crippen LogP contribution in [-0.2, 0) is 0 Å². The maximum absolute atomic E-state index is 11.1. The third-order valence-corrected chi connectivity index (χ3v) is 2.77. The van der Waals surface area contributed by atoms with Crippen molar-refractivity contribution in [2.45, 2.75) is 19.9 Å². The number of anilines is 1. The van der Waals surface area contributed by atoms with Crippen LogP contribution in [0.1, 0.15) is 30.0 Å². The molecule has 2 heterocycles. The number of hydrogen-bond donors (Lipinski definition) is 1. The number of aromatic nitrogens is 1. The van der Waals surface area contributed by atoms with E-state index in [0.717, 1.165) is 5.76 Å². The van der Waals surface area contributed by atoms with Gasteiger partial charge in [-0.25, -0.2) is 4.98 Å². The molecule has 1 unspecified atom stereocenters. The predicted octanol–water partition coefficient (Wildman–Crippen LogP) is 2.94. The van der Waals surface area contributed by atoms with Gasteiger partial charge in [-0.15, -0.1) is 0 Å². The van der Waals surface area contributed by atoms with Crippen molar-refractivity contribution in [1.29, 1.82) is 5.26 Å². The molecule has 1 atom stereocenters. The van der Waals surface area contributed by atoms with Gasteiger partial charge in [0.2, 0.25) is 5.82 Å². The average Bonchev–Trinajstić information content (AvgIpc) is 2.84. The Bertz CT molecular complexity index is 687. The molecule has 20 heavy (non-hydrogen) atoms. The zero-order chi connectivity index (χ0) is 14.7. The van der Waals surface area contributed by atoms with E-state index in [2.05, 4.69) is 10.3 Å². The molecule has 0 aromatic carbocycles. The van der Waals surface area contributed by atoms with Crippen LogP contribution >= 0.6 is 0 Å². The predicted molar refractivity (Wildman–Crippen MR) is 71.1 cm³/mol. The Morgan fingerprint density at radius 3 is 2.80 bits per heavy atom.